The van der Waals surface area contributed by atoms with Crippen LogP contribution in [0.1, 0.15) is 32.1 Å². The largest absolute Gasteiger partial charge is 0.480 e. The van der Waals surface area contributed by atoms with Crippen LogP contribution in [0.4, 0.5) is 0 Å². The van der Waals surface area contributed by atoms with Crippen molar-refractivity contribution in [2.75, 3.05) is 0 Å². The van der Waals surface area contributed by atoms with Gasteiger partial charge in [-0.2, -0.15) is 0 Å². The molecule has 2 aliphatic carbocycles. The zero-order valence-corrected chi connectivity index (χ0v) is 7.12. The highest BCUT2D eigenvalue weighted by Gasteiger charge is 2.50. The zero-order valence-electron chi connectivity index (χ0n) is 7.12. The molecule has 2 fully saturated rings. The van der Waals surface area contributed by atoms with Crippen LogP contribution in [0.15, 0.2) is 0 Å². The molecule has 2 aliphatic rings. The lowest BCUT2D eigenvalue weighted by Gasteiger charge is -2.48. The molecule has 0 aromatic heterocycles. The maximum Gasteiger partial charge on any atom is 0.323 e. The average Bonchev–Trinajstić information content (AvgIpc) is 1.79. The van der Waals surface area contributed by atoms with Crippen molar-refractivity contribution in [1.29, 1.82) is 0 Å². The molecule has 68 valence electrons. The topological polar surface area (TPSA) is 63.3 Å². The molecule has 0 radical (unpaired) electrons. The van der Waals surface area contributed by atoms with Crippen LogP contribution in [0.2, 0.25) is 0 Å². The first-order chi connectivity index (χ1) is 5.62. The summed E-state index contributed by atoms with van der Waals surface area (Å²) in [6.45, 7) is 0. The predicted octanol–water partition coefficient (Wildman–Crippen LogP) is 0.979. The van der Waals surface area contributed by atoms with Crippen LogP contribution in [0.5, 0.6) is 0 Å². The van der Waals surface area contributed by atoms with E-state index >= 15 is 0 Å². The second kappa shape index (κ2) is 2.46. The number of carboxylic acid groups (broad SMARTS) is 1. The molecule has 3 N–H and O–H groups in total. The number of hydrogen-bond acceptors (Lipinski definition) is 2. The van der Waals surface area contributed by atoms with E-state index in [0.717, 1.165) is 5.92 Å². The summed E-state index contributed by atoms with van der Waals surface area (Å²) >= 11 is 0. The molecule has 2 rings (SSSR count). The Hall–Kier alpha value is -0.570. The Morgan fingerprint density at radius 1 is 1.33 bits per heavy atom. The number of nitrogens with two attached hydrogens (primary N) is 1. The minimum Gasteiger partial charge on any atom is -0.480 e. The number of aliphatic carboxylic acids is 1. The Morgan fingerprint density at radius 2 is 1.92 bits per heavy atom. The molecule has 0 atom stereocenters. The van der Waals surface area contributed by atoms with E-state index in [1.807, 2.05) is 0 Å². The Balaban J connectivity index is 1.85. The summed E-state index contributed by atoms with van der Waals surface area (Å²) in [4.78, 5) is 10.7. The summed E-state index contributed by atoms with van der Waals surface area (Å²) in [6, 6.07) is 0. The van der Waals surface area contributed by atoms with Crippen LogP contribution in [-0.4, -0.2) is 16.6 Å². The normalized spacial score (nSPS) is 41.6. The summed E-state index contributed by atoms with van der Waals surface area (Å²) in [5, 5.41) is 8.76. The van der Waals surface area contributed by atoms with Crippen molar-refractivity contribution in [3.8, 4) is 0 Å². The van der Waals surface area contributed by atoms with E-state index in [-0.39, 0.29) is 0 Å². The van der Waals surface area contributed by atoms with Crippen LogP contribution in [0.25, 0.3) is 0 Å². The van der Waals surface area contributed by atoms with Gasteiger partial charge in [0.25, 0.3) is 0 Å². The monoisotopic (exact) mass is 169 g/mol. The standard InChI is InChI=1S/C9H15NO2/c10-9(8(11)12)4-7(5-9)6-2-1-3-6/h6-7H,1-5,10H2,(H,11,12). The van der Waals surface area contributed by atoms with Gasteiger partial charge in [-0.05, 0) is 24.7 Å². The van der Waals surface area contributed by atoms with Crippen LogP contribution >= 0.6 is 0 Å². The first-order valence-corrected chi connectivity index (χ1v) is 4.64. The first-order valence-electron chi connectivity index (χ1n) is 4.64. The van der Waals surface area contributed by atoms with Gasteiger partial charge in [-0.15, -0.1) is 0 Å². The lowest BCUT2D eigenvalue weighted by atomic mass is 9.59. The SMILES string of the molecule is NC1(C(=O)O)CC(C2CCC2)C1. The highest BCUT2D eigenvalue weighted by atomic mass is 16.4. The van der Waals surface area contributed by atoms with Crippen molar-refractivity contribution in [2.45, 2.75) is 37.6 Å². The third-order valence-corrected chi connectivity index (χ3v) is 3.50. The molecule has 3 heteroatoms. The van der Waals surface area contributed by atoms with Crippen molar-refractivity contribution in [1.82, 2.24) is 0 Å². The van der Waals surface area contributed by atoms with Gasteiger partial charge in [-0.1, -0.05) is 19.3 Å². The fourth-order valence-electron chi connectivity index (χ4n) is 2.30. The molecule has 0 heterocycles. The minimum absolute atomic E-state index is 0.611. The van der Waals surface area contributed by atoms with E-state index in [1.165, 1.54) is 19.3 Å². The van der Waals surface area contributed by atoms with Gasteiger partial charge in [-0.25, -0.2) is 0 Å². The minimum atomic E-state index is -0.875. The van der Waals surface area contributed by atoms with E-state index < -0.39 is 11.5 Å². The van der Waals surface area contributed by atoms with Gasteiger partial charge in [-0.3, -0.25) is 4.79 Å². The van der Waals surface area contributed by atoms with Crippen molar-refractivity contribution in [3.05, 3.63) is 0 Å². The number of rotatable bonds is 2. The maximum atomic E-state index is 10.7. The smallest absolute Gasteiger partial charge is 0.323 e. The lowest BCUT2D eigenvalue weighted by molar-refractivity contribution is -0.150. The fraction of sp³-hybridized carbons (Fsp3) is 0.889. The second-order valence-corrected chi connectivity index (χ2v) is 4.32. The molecule has 12 heavy (non-hydrogen) atoms. The third kappa shape index (κ3) is 1.04. The Bertz CT molecular complexity index is 205. The van der Waals surface area contributed by atoms with E-state index in [4.69, 9.17) is 10.8 Å². The van der Waals surface area contributed by atoms with Crippen molar-refractivity contribution < 1.29 is 9.90 Å². The highest BCUT2D eigenvalue weighted by Crippen LogP contribution is 2.47. The molecule has 0 spiro atoms. The summed E-state index contributed by atoms with van der Waals surface area (Å²) in [7, 11) is 0. The lowest BCUT2D eigenvalue weighted by Crippen LogP contribution is -2.59. The molecule has 0 aromatic carbocycles. The average molecular weight is 169 g/mol. The van der Waals surface area contributed by atoms with Gasteiger partial charge >= 0.3 is 5.97 Å². The van der Waals surface area contributed by atoms with Gasteiger partial charge in [0, 0.05) is 0 Å². The molecule has 0 aliphatic heterocycles. The Kier molecular flexibility index (Phi) is 1.65. The van der Waals surface area contributed by atoms with E-state index in [2.05, 4.69) is 0 Å². The van der Waals surface area contributed by atoms with Gasteiger partial charge in [0.15, 0.2) is 0 Å². The molecular weight excluding hydrogens is 154 g/mol. The third-order valence-electron chi connectivity index (χ3n) is 3.50. The quantitative estimate of drug-likeness (QED) is 0.647. The zero-order chi connectivity index (χ0) is 8.77. The van der Waals surface area contributed by atoms with Crippen molar-refractivity contribution in [2.24, 2.45) is 17.6 Å². The molecule has 2 saturated carbocycles. The summed E-state index contributed by atoms with van der Waals surface area (Å²) < 4.78 is 0. The van der Waals surface area contributed by atoms with Gasteiger partial charge in [0.05, 0.1) is 0 Å². The summed E-state index contributed by atoms with van der Waals surface area (Å²) in [5.74, 6) is 0.582. The van der Waals surface area contributed by atoms with Crippen molar-refractivity contribution >= 4 is 5.97 Å². The van der Waals surface area contributed by atoms with Crippen LogP contribution in [-0.2, 0) is 4.79 Å². The summed E-state index contributed by atoms with van der Waals surface area (Å²) in [6.07, 6.45) is 5.31. The summed E-state index contributed by atoms with van der Waals surface area (Å²) in [5.41, 5.74) is 4.78. The van der Waals surface area contributed by atoms with Crippen LogP contribution < -0.4 is 5.73 Å². The van der Waals surface area contributed by atoms with Gasteiger partial charge < -0.3 is 10.8 Å². The number of carbonyl (C=O) groups is 1. The predicted molar refractivity (Wildman–Crippen MR) is 44.6 cm³/mol. The van der Waals surface area contributed by atoms with Crippen LogP contribution in [0, 0.1) is 11.8 Å². The Labute approximate surface area is 71.9 Å². The van der Waals surface area contributed by atoms with Gasteiger partial charge in [0.2, 0.25) is 0 Å². The molecule has 0 aromatic rings. The number of hydrogen-bond donors (Lipinski definition) is 2. The molecule has 0 unspecified atom stereocenters. The van der Waals surface area contributed by atoms with Gasteiger partial charge in [0.1, 0.15) is 5.54 Å². The van der Waals surface area contributed by atoms with E-state index in [1.54, 1.807) is 0 Å². The first kappa shape index (κ1) is 8.05. The van der Waals surface area contributed by atoms with E-state index in [9.17, 15) is 4.79 Å². The Morgan fingerprint density at radius 3 is 2.25 bits per heavy atom. The molecule has 3 nitrogen and oxygen atoms in total. The van der Waals surface area contributed by atoms with E-state index in [0.29, 0.717) is 18.8 Å². The van der Waals surface area contributed by atoms with Crippen molar-refractivity contribution in [3.63, 3.8) is 0 Å². The highest BCUT2D eigenvalue weighted by molar-refractivity contribution is 5.79. The molecule has 0 amide bonds. The maximum absolute atomic E-state index is 10.7. The van der Waals surface area contributed by atoms with Crippen LogP contribution in [0.3, 0.4) is 0 Å². The molecule has 0 saturated heterocycles. The molecular formula is C9H15NO2. The molecule has 0 bridgehead atoms. The fourth-order valence-corrected chi connectivity index (χ4v) is 2.30. The number of carboxylic acids is 1. The second-order valence-electron chi connectivity index (χ2n) is 4.32.